The number of carbonyl (C=O) groups is 1. The zero-order valence-corrected chi connectivity index (χ0v) is 8.25. The summed E-state index contributed by atoms with van der Waals surface area (Å²) in [6, 6.07) is 5.18. The minimum Gasteiger partial charge on any atom is -0.475 e. The molecular formula is C10H9N3O3. The van der Waals surface area contributed by atoms with E-state index in [1.165, 1.54) is 6.20 Å². The number of aromatic nitrogens is 2. The summed E-state index contributed by atoms with van der Waals surface area (Å²) in [6.45, 7) is 0.447. The summed E-state index contributed by atoms with van der Waals surface area (Å²) >= 11 is 0. The first-order valence-corrected chi connectivity index (χ1v) is 4.58. The van der Waals surface area contributed by atoms with Crippen molar-refractivity contribution in [3.63, 3.8) is 0 Å². The van der Waals surface area contributed by atoms with Crippen molar-refractivity contribution in [3.05, 3.63) is 42.2 Å². The lowest BCUT2D eigenvalue weighted by Gasteiger charge is -2.03. The molecule has 2 N–H and O–H groups in total. The zero-order valence-electron chi connectivity index (χ0n) is 8.25. The smallest absolute Gasteiger partial charge is 0.374 e. The van der Waals surface area contributed by atoms with Gasteiger partial charge in [-0.15, -0.1) is 0 Å². The van der Waals surface area contributed by atoms with Crippen LogP contribution in [0.25, 0.3) is 0 Å². The lowest BCUT2D eigenvalue weighted by atomic mass is 10.4. The number of nitrogens with one attached hydrogen (secondary N) is 1. The molecule has 0 atom stereocenters. The van der Waals surface area contributed by atoms with E-state index in [2.05, 4.69) is 15.3 Å². The van der Waals surface area contributed by atoms with Crippen molar-refractivity contribution >= 4 is 11.8 Å². The Balaban J connectivity index is 2.04. The normalized spacial score (nSPS) is 10.0. The van der Waals surface area contributed by atoms with Crippen LogP contribution in [0.4, 0.5) is 5.82 Å². The van der Waals surface area contributed by atoms with Gasteiger partial charge in [0.15, 0.2) is 0 Å². The average Bonchev–Trinajstić information content (AvgIpc) is 2.79. The van der Waals surface area contributed by atoms with Gasteiger partial charge in [0.2, 0.25) is 5.82 Å². The molecule has 2 heterocycles. The summed E-state index contributed by atoms with van der Waals surface area (Å²) < 4.78 is 5.11. The molecule has 6 nitrogen and oxygen atoms in total. The third-order valence-electron chi connectivity index (χ3n) is 1.87. The van der Waals surface area contributed by atoms with Crippen molar-refractivity contribution in [2.45, 2.75) is 6.54 Å². The maximum absolute atomic E-state index is 10.6. The SMILES string of the molecule is O=C(O)c1nccc(NCc2ccco2)n1. The molecule has 0 spiro atoms. The monoisotopic (exact) mass is 219 g/mol. The molecule has 0 aliphatic rings. The largest absolute Gasteiger partial charge is 0.475 e. The third-order valence-corrected chi connectivity index (χ3v) is 1.87. The first-order valence-electron chi connectivity index (χ1n) is 4.58. The predicted molar refractivity (Wildman–Crippen MR) is 55.0 cm³/mol. The molecule has 0 aliphatic carbocycles. The van der Waals surface area contributed by atoms with Crippen molar-refractivity contribution in [2.24, 2.45) is 0 Å². The molecule has 2 rings (SSSR count). The molecule has 82 valence electrons. The van der Waals surface area contributed by atoms with E-state index in [4.69, 9.17) is 9.52 Å². The number of carboxylic acid groups (broad SMARTS) is 1. The van der Waals surface area contributed by atoms with Gasteiger partial charge in [-0.2, -0.15) is 0 Å². The minimum absolute atomic E-state index is 0.232. The van der Waals surface area contributed by atoms with Crippen molar-refractivity contribution in [3.8, 4) is 0 Å². The van der Waals surface area contributed by atoms with Gasteiger partial charge in [0, 0.05) is 6.20 Å². The van der Waals surface area contributed by atoms with Crippen LogP contribution >= 0.6 is 0 Å². The average molecular weight is 219 g/mol. The van der Waals surface area contributed by atoms with Crippen molar-refractivity contribution in [1.82, 2.24) is 9.97 Å². The third kappa shape index (κ3) is 2.35. The van der Waals surface area contributed by atoms with Gasteiger partial charge in [0.1, 0.15) is 11.6 Å². The Kier molecular flexibility index (Phi) is 2.81. The minimum atomic E-state index is -1.15. The Bertz CT molecular complexity index is 482. The lowest BCUT2D eigenvalue weighted by molar-refractivity contribution is 0.0683. The summed E-state index contributed by atoms with van der Waals surface area (Å²) in [5.74, 6) is -0.189. The molecule has 0 saturated heterocycles. The zero-order chi connectivity index (χ0) is 11.4. The fourth-order valence-electron chi connectivity index (χ4n) is 1.15. The van der Waals surface area contributed by atoms with Gasteiger partial charge < -0.3 is 14.8 Å². The van der Waals surface area contributed by atoms with Crippen molar-refractivity contribution in [2.75, 3.05) is 5.32 Å². The van der Waals surface area contributed by atoms with Crippen LogP contribution in [-0.2, 0) is 6.54 Å². The number of furan rings is 1. The molecule has 0 aromatic carbocycles. The molecule has 0 amide bonds. The van der Waals surface area contributed by atoms with Crippen LogP contribution in [0.5, 0.6) is 0 Å². The Labute approximate surface area is 91.0 Å². The number of anilines is 1. The molecule has 0 radical (unpaired) electrons. The second kappa shape index (κ2) is 4.43. The van der Waals surface area contributed by atoms with Gasteiger partial charge in [-0.1, -0.05) is 0 Å². The summed E-state index contributed by atoms with van der Waals surface area (Å²) in [4.78, 5) is 18.0. The van der Waals surface area contributed by atoms with Gasteiger partial charge in [-0.25, -0.2) is 14.8 Å². The fourth-order valence-corrected chi connectivity index (χ4v) is 1.15. The van der Waals surface area contributed by atoms with Gasteiger partial charge in [0.25, 0.3) is 0 Å². The van der Waals surface area contributed by atoms with E-state index in [1.807, 2.05) is 6.07 Å². The number of nitrogens with zero attached hydrogens (tertiary/aromatic N) is 2. The van der Waals surface area contributed by atoms with Crippen LogP contribution in [0.15, 0.2) is 35.1 Å². The van der Waals surface area contributed by atoms with Gasteiger partial charge in [-0.05, 0) is 18.2 Å². The Morgan fingerprint density at radius 3 is 3.06 bits per heavy atom. The number of hydrogen-bond acceptors (Lipinski definition) is 5. The molecule has 0 bridgehead atoms. The molecule has 16 heavy (non-hydrogen) atoms. The van der Waals surface area contributed by atoms with Crippen molar-refractivity contribution in [1.29, 1.82) is 0 Å². The number of rotatable bonds is 4. The highest BCUT2D eigenvalue weighted by Gasteiger charge is 2.06. The summed E-state index contributed by atoms with van der Waals surface area (Å²) in [6.07, 6.45) is 2.96. The van der Waals surface area contributed by atoms with Crippen LogP contribution in [0.3, 0.4) is 0 Å². The summed E-state index contributed by atoms with van der Waals surface area (Å²) in [5, 5.41) is 11.6. The number of hydrogen-bond donors (Lipinski definition) is 2. The quantitative estimate of drug-likeness (QED) is 0.807. The highest BCUT2D eigenvalue weighted by atomic mass is 16.4. The van der Waals surface area contributed by atoms with Crippen LogP contribution < -0.4 is 5.32 Å². The Morgan fingerprint density at radius 1 is 1.50 bits per heavy atom. The number of carboxylic acids is 1. The van der Waals surface area contributed by atoms with E-state index < -0.39 is 5.97 Å². The standard InChI is InChI=1S/C10H9N3O3/c14-10(15)9-11-4-3-8(13-9)12-6-7-2-1-5-16-7/h1-5H,6H2,(H,14,15)(H,11,12,13). The maximum atomic E-state index is 10.6. The van der Waals surface area contributed by atoms with Crippen LogP contribution in [0.1, 0.15) is 16.4 Å². The second-order valence-electron chi connectivity index (χ2n) is 3.00. The van der Waals surface area contributed by atoms with Crippen LogP contribution in [0.2, 0.25) is 0 Å². The number of aromatic carboxylic acids is 1. The Morgan fingerprint density at radius 2 is 2.38 bits per heavy atom. The highest BCUT2D eigenvalue weighted by molar-refractivity contribution is 5.83. The van der Waals surface area contributed by atoms with E-state index in [0.717, 1.165) is 5.76 Å². The summed E-state index contributed by atoms with van der Waals surface area (Å²) in [7, 11) is 0. The first kappa shape index (κ1) is 10.2. The van der Waals surface area contributed by atoms with Crippen LogP contribution in [0, 0.1) is 0 Å². The van der Waals surface area contributed by atoms with Gasteiger partial charge in [0.05, 0.1) is 12.8 Å². The maximum Gasteiger partial charge on any atom is 0.374 e. The molecule has 0 fully saturated rings. The van der Waals surface area contributed by atoms with Crippen LogP contribution in [-0.4, -0.2) is 21.0 Å². The predicted octanol–water partition coefficient (Wildman–Crippen LogP) is 1.38. The molecule has 2 aromatic rings. The fraction of sp³-hybridized carbons (Fsp3) is 0.100. The molecule has 0 saturated carbocycles. The van der Waals surface area contributed by atoms with E-state index in [1.54, 1.807) is 18.4 Å². The van der Waals surface area contributed by atoms with Crippen molar-refractivity contribution < 1.29 is 14.3 Å². The van der Waals surface area contributed by atoms with Gasteiger partial charge in [-0.3, -0.25) is 0 Å². The molecule has 0 aliphatic heterocycles. The van der Waals surface area contributed by atoms with E-state index in [0.29, 0.717) is 12.4 Å². The molecular weight excluding hydrogens is 210 g/mol. The van der Waals surface area contributed by atoms with E-state index in [9.17, 15) is 4.79 Å². The molecule has 6 heteroatoms. The Hall–Kier alpha value is -2.37. The summed E-state index contributed by atoms with van der Waals surface area (Å²) in [5.41, 5.74) is 0. The molecule has 2 aromatic heterocycles. The first-order chi connectivity index (χ1) is 7.75. The second-order valence-corrected chi connectivity index (χ2v) is 3.00. The van der Waals surface area contributed by atoms with Gasteiger partial charge >= 0.3 is 5.97 Å². The molecule has 0 unspecified atom stereocenters. The van der Waals surface area contributed by atoms with E-state index >= 15 is 0 Å². The lowest BCUT2D eigenvalue weighted by Crippen LogP contribution is -2.07. The topological polar surface area (TPSA) is 88.2 Å². The highest BCUT2D eigenvalue weighted by Crippen LogP contribution is 2.06. The van der Waals surface area contributed by atoms with E-state index in [-0.39, 0.29) is 5.82 Å².